The van der Waals surface area contributed by atoms with Crippen LogP contribution in [0.25, 0.3) is 4.96 Å². The average molecular weight is 332 g/mol. The highest BCUT2D eigenvalue weighted by Gasteiger charge is 2.34. The molecule has 2 aliphatic rings. The predicted molar refractivity (Wildman–Crippen MR) is 94.0 cm³/mol. The van der Waals surface area contributed by atoms with Gasteiger partial charge in [-0.15, -0.1) is 11.3 Å². The summed E-state index contributed by atoms with van der Waals surface area (Å²) in [7, 11) is 0. The van der Waals surface area contributed by atoms with Crippen LogP contribution in [0.1, 0.15) is 31.9 Å². The largest absolute Gasteiger partial charge is 0.357 e. The Morgan fingerprint density at radius 3 is 3.13 bits per heavy atom. The quantitative estimate of drug-likeness (QED) is 0.646. The second-order valence-corrected chi connectivity index (χ2v) is 7.25. The summed E-state index contributed by atoms with van der Waals surface area (Å²) in [6, 6.07) is 1.37. The zero-order chi connectivity index (χ0) is 15.6. The molecule has 0 radical (unpaired) electrons. The number of thiazole rings is 1. The maximum Gasteiger partial charge on any atom is 0.193 e. The highest BCUT2D eigenvalue weighted by Crippen LogP contribution is 2.29. The van der Waals surface area contributed by atoms with Gasteiger partial charge in [0.25, 0.3) is 0 Å². The Balaban J connectivity index is 1.37. The second kappa shape index (κ2) is 6.49. The lowest BCUT2D eigenvalue weighted by Gasteiger charge is -2.18. The van der Waals surface area contributed by atoms with Crippen LogP contribution in [0.15, 0.2) is 22.8 Å². The molecule has 2 N–H and O–H groups in total. The molecule has 2 aromatic heterocycles. The van der Waals surface area contributed by atoms with Crippen LogP contribution >= 0.6 is 11.3 Å². The standard InChI is InChI=1S/C16H24N6S/c1-2-17-15(19-12-5-6-21(10-12)14-3-4-14)18-9-13-11-22-7-8-23-16(22)20-13/h7-8,11-12,14H,2-6,9-10H2,1H3,(H2,17,18,19). The van der Waals surface area contributed by atoms with Crippen molar-refractivity contribution in [3.63, 3.8) is 0 Å². The van der Waals surface area contributed by atoms with E-state index in [2.05, 4.69) is 38.0 Å². The van der Waals surface area contributed by atoms with Crippen molar-refractivity contribution < 1.29 is 0 Å². The van der Waals surface area contributed by atoms with Crippen LogP contribution < -0.4 is 10.6 Å². The minimum absolute atomic E-state index is 0.513. The van der Waals surface area contributed by atoms with Crippen LogP contribution in [0.3, 0.4) is 0 Å². The number of imidazole rings is 1. The summed E-state index contributed by atoms with van der Waals surface area (Å²) in [4.78, 5) is 13.0. The van der Waals surface area contributed by atoms with Gasteiger partial charge < -0.3 is 10.6 Å². The van der Waals surface area contributed by atoms with Crippen molar-refractivity contribution in [1.82, 2.24) is 24.9 Å². The molecule has 0 bridgehead atoms. The zero-order valence-electron chi connectivity index (χ0n) is 13.5. The van der Waals surface area contributed by atoms with E-state index in [4.69, 9.17) is 4.99 Å². The Bertz CT molecular complexity index is 657. The van der Waals surface area contributed by atoms with Gasteiger partial charge in [-0.1, -0.05) is 0 Å². The fraction of sp³-hybridized carbons (Fsp3) is 0.625. The number of aromatic nitrogens is 2. The zero-order valence-corrected chi connectivity index (χ0v) is 14.4. The highest BCUT2D eigenvalue weighted by atomic mass is 32.1. The van der Waals surface area contributed by atoms with Crippen molar-refractivity contribution in [2.45, 2.75) is 44.8 Å². The summed E-state index contributed by atoms with van der Waals surface area (Å²) >= 11 is 1.65. The number of guanidine groups is 1. The summed E-state index contributed by atoms with van der Waals surface area (Å²) in [5.74, 6) is 0.909. The van der Waals surface area contributed by atoms with Crippen LogP contribution in [-0.2, 0) is 6.54 Å². The lowest BCUT2D eigenvalue weighted by Crippen LogP contribution is -2.44. The predicted octanol–water partition coefficient (Wildman–Crippen LogP) is 1.69. The minimum atomic E-state index is 0.513. The van der Waals surface area contributed by atoms with Gasteiger partial charge in [0.2, 0.25) is 0 Å². The third-order valence-corrected chi connectivity index (χ3v) is 5.28. The number of hydrogen-bond acceptors (Lipinski definition) is 4. The number of likely N-dealkylation sites (tertiary alicyclic amines) is 1. The highest BCUT2D eigenvalue weighted by molar-refractivity contribution is 7.15. The Labute approximate surface area is 140 Å². The maximum atomic E-state index is 4.71. The van der Waals surface area contributed by atoms with E-state index in [1.54, 1.807) is 11.3 Å². The van der Waals surface area contributed by atoms with Gasteiger partial charge in [-0.3, -0.25) is 9.30 Å². The summed E-state index contributed by atoms with van der Waals surface area (Å²) < 4.78 is 2.06. The number of rotatable bonds is 5. The fourth-order valence-corrected chi connectivity index (χ4v) is 3.92. The van der Waals surface area contributed by atoms with Gasteiger partial charge in [0.05, 0.1) is 12.2 Å². The van der Waals surface area contributed by atoms with Gasteiger partial charge >= 0.3 is 0 Å². The first-order chi connectivity index (χ1) is 11.3. The van der Waals surface area contributed by atoms with Crippen molar-refractivity contribution in [2.75, 3.05) is 19.6 Å². The van der Waals surface area contributed by atoms with Crippen LogP contribution in [0.2, 0.25) is 0 Å². The molecule has 4 rings (SSSR count). The first kappa shape index (κ1) is 15.0. The Morgan fingerprint density at radius 2 is 2.35 bits per heavy atom. The van der Waals surface area contributed by atoms with Crippen LogP contribution in [0, 0.1) is 0 Å². The van der Waals surface area contributed by atoms with Gasteiger partial charge in [-0.05, 0) is 26.2 Å². The van der Waals surface area contributed by atoms with Crippen molar-refractivity contribution in [1.29, 1.82) is 0 Å². The van der Waals surface area contributed by atoms with E-state index in [-0.39, 0.29) is 0 Å². The Morgan fingerprint density at radius 1 is 1.43 bits per heavy atom. The van der Waals surface area contributed by atoms with E-state index in [0.717, 1.165) is 35.7 Å². The molecule has 1 aliphatic heterocycles. The molecule has 23 heavy (non-hydrogen) atoms. The maximum absolute atomic E-state index is 4.71. The second-order valence-electron chi connectivity index (χ2n) is 6.38. The number of nitrogens with one attached hydrogen (secondary N) is 2. The molecule has 1 unspecified atom stereocenters. The lowest BCUT2D eigenvalue weighted by atomic mass is 10.3. The van der Waals surface area contributed by atoms with E-state index in [0.29, 0.717) is 12.6 Å². The van der Waals surface area contributed by atoms with E-state index < -0.39 is 0 Å². The number of hydrogen-bond donors (Lipinski definition) is 2. The molecule has 1 saturated carbocycles. The molecule has 1 saturated heterocycles. The van der Waals surface area contributed by atoms with Gasteiger partial charge in [0, 0.05) is 49.5 Å². The third-order valence-electron chi connectivity index (χ3n) is 4.51. The molecule has 3 heterocycles. The number of aliphatic imine (C=N–C) groups is 1. The van der Waals surface area contributed by atoms with E-state index >= 15 is 0 Å². The van der Waals surface area contributed by atoms with Crippen molar-refractivity contribution >= 4 is 22.3 Å². The molecule has 0 aromatic carbocycles. The smallest absolute Gasteiger partial charge is 0.193 e. The average Bonchev–Trinajstić information content (AvgIpc) is 2.94. The molecule has 6 nitrogen and oxygen atoms in total. The summed E-state index contributed by atoms with van der Waals surface area (Å²) in [6.45, 7) is 5.97. The van der Waals surface area contributed by atoms with Gasteiger partial charge in [0.1, 0.15) is 0 Å². The fourth-order valence-electron chi connectivity index (χ4n) is 3.20. The molecular formula is C16H24N6S. The lowest BCUT2D eigenvalue weighted by molar-refractivity contribution is 0.321. The molecular weight excluding hydrogens is 308 g/mol. The van der Waals surface area contributed by atoms with Crippen molar-refractivity contribution in [3.8, 4) is 0 Å². The van der Waals surface area contributed by atoms with E-state index in [1.165, 1.54) is 25.8 Å². The molecule has 2 fully saturated rings. The molecule has 124 valence electrons. The molecule has 2 aromatic rings. The summed E-state index contributed by atoms with van der Waals surface area (Å²) in [5.41, 5.74) is 1.01. The first-order valence-corrected chi connectivity index (χ1v) is 9.40. The summed E-state index contributed by atoms with van der Waals surface area (Å²) in [6.07, 6.45) is 8.08. The molecule has 1 atom stereocenters. The minimum Gasteiger partial charge on any atom is -0.357 e. The van der Waals surface area contributed by atoms with Crippen molar-refractivity contribution in [3.05, 3.63) is 23.5 Å². The first-order valence-electron chi connectivity index (χ1n) is 8.52. The van der Waals surface area contributed by atoms with E-state index in [1.807, 2.05) is 11.6 Å². The van der Waals surface area contributed by atoms with Crippen LogP contribution in [0.4, 0.5) is 0 Å². The van der Waals surface area contributed by atoms with Crippen molar-refractivity contribution in [2.24, 2.45) is 4.99 Å². The molecule has 1 aliphatic carbocycles. The van der Waals surface area contributed by atoms with Gasteiger partial charge in [0.15, 0.2) is 10.9 Å². The number of nitrogens with zero attached hydrogens (tertiary/aromatic N) is 4. The molecule has 7 heteroatoms. The summed E-state index contributed by atoms with van der Waals surface area (Å²) in [5, 5.41) is 9.00. The SMILES string of the molecule is CCNC(=NCc1cn2ccsc2n1)NC1CCN(C2CC2)C1. The van der Waals surface area contributed by atoms with E-state index in [9.17, 15) is 0 Å². The monoisotopic (exact) mass is 332 g/mol. The molecule has 0 spiro atoms. The molecule has 0 amide bonds. The third kappa shape index (κ3) is 3.50. The normalized spacial score (nSPS) is 22.8. The van der Waals surface area contributed by atoms with Gasteiger partial charge in [-0.2, -0.15) is 0 Å². The van der Waals surface area contributed by atoms with Crippen LogP contribution in [0.5, 0.6) is 0 Å². The van der Waals surface area contributed by atoms with Gasteiger partial charge in [-0.25, -0.2) is 9.98 Å². The number of fused-ring (bicyclic) bond motifs is 1. The van der Waals surface area contributed by atoms with Crippen LogP contribution in [-0.4, -0.2) is 52.0 Å². The Kier molecular flexibility index (Phi) is 4.22. The Hall–Kier alpha value is -1.60. The topological polar surface area (TPSA) is 57.0 Å².